The average molecular weight is 261 g/mol. The fraction of sp³-hybridized carbons (Fsp3) is 0.778. The van der Waals surface area contributed by atoms with Crippen LogP contribution in [-0.4, -0.2) is 55.0 Å². The number of aliphatic hydroxyl groups excluding tert-OH is 3. The minimum atomic E-state index is -1.23. The normalized spacial score (nSPS) is 36.8. The molecule has 1 aliphatic heterocycles. The molecule has 0 saturated carbocycles. The van der Waals surface area contributed by atoms with Crippen LogP contribution in [0.2, 0.25) is 0 Å². The lowest BCUT2D eigenvalue weighted by Crippen LogP contribution is -2.64. The molecule has 7 nitrogen and oxygen atoms in total. The first-order valence-corrected chi connectivity index (χ1v) is 6.01. The van der Waals surface area contributed by atoms with E-state index in [2.05, 4.69) is 14.9 Å². The summed E-state index contributed by atoms with van der Waals surface area (Å²) >= 11 is 1.14. The zero-order valence-corrected chi connectivity index (χ0v) is 10.3. The van der Waals surface area contributed by atoms with Crippen LogP contribution in [0, 0.1) is 0 Å². The van der Waals surface area contributed by atoms with Gasteiger partial charge >= 0.3 is 0 Å². The minimum absolute atomic E-state index is 0.425. The SMILES string of the molecule is CC1(C)O[C@H](O)[C@H](Nc2csnn2)[C@@H](O)[C@H]1O. The first kappa shape index (κ1) is 12.7. The number of rotatable bonds is 2. The molecule has 1 aromatic heterocycles. The monoisotopic (exact) mass is 261 g/mol. The number of aromatic nitrogens is 2. The van der Waals surface area contributed by atoms with Crippen molar-refractivity contribution in [2.45, 2.75) is 44.0 Å². The van der Waals surface area contributed by atoms with Gasteiger partial charge in [0, 0.05) is 0 Å². The van der Waals surface area contributed by atoms with Crippen LogP contribution in [0.1, 0.15) is 13.8 Å². The standard InChI is InChI=1S/C9H15N3O4S/c1-9(2)7(14)6(13)5(8(15)16-9)10-4-3-17-12-11-4/h3,5-8,10,13-15H,1-2H3/t5-,6-,7-,8+/m1/s1. The van der Waals surface area contributed by atoms with Crippen molar-refractivity contribution < 1.29 is 20.1 Å². The Morgan fingerprint density at radius 1 is 1.41 bits per heavy atom. The second kappa shape index (κ2) is 4.46. The quantitative estimate of drug-likeness (QED) is 0.550. The third-order valence-corrected chi connectivity index (χ3v) is 3.31. The third kappa shape index (κ3) is 2.40. The Labute approximate surface area is 102 Å². The van der Waals surface area contributed by atoms with E-state index >= 15 is 0 Å². The van der Waals surface area contributed by atoms with Crippen molar-refractivity contribution in [3.63, 3.8) is 0 Å². The summed E-state index contributed by atoms with van der Waals surface area (Å²) in [6, 6.07) is -0.845. The Kier molecular flexibility index (Phi) is 3.32. The van der Waals surface area contributed by atoms with Gasteiger partial charge in [-0.2, -0.15) is 0 Å². The van der Waals surface area contributed by atoms with Crippen LogP contribution < -0.4 is 5.32 Å². The van der Waals surface area contributed by atoms with Crippen LogP contribution in [0.5, 0.6) is 0 Å². The lowest BCUT2D eigenvalue weighted by Gasteiger charge is -2.45. The number of nitrogens with zero attached hydrogens (tertiary/aromatic N) is 2. The number of hydrogen-bond donors (Lipinski definition) is 4. The molecule has 2 rings (SSSR count). The van der Waals surface area contributed by atoms with E-state index in [1.807, 2.05) is 0 Å². The molecule has 0 bridgehead atoms. The van der Waals surface area contributed by atoms with Crippen molar-refractivity contribution in [3.05, 3.63) is 5.38 Å². The predicted octanol–water partition coefficient (Wildman–Crippen LogP) is -0.832. The van der Waals surface area contributed by atoms with E-state index in [-0.39, 0.29) is 0 Å². The van der Waals surface area contributed by atoms with Crippen LogP contribution in [0.15, 0.2) is 5.38 Å². The summed E-state index contributed by atoms with van der Waals surface area (Å²) in [6.45, 7) is 3.20. The molecule has 96 valence electrons. The molecule has 4 N–H and O–H groups in total. The molecular weight excluding hydrogens is 246 g/mol. The lowest BCUT2D eigenvalue weighted by atomic mass is 9.88. The summed E-state index contributed by atoms with van der Waals surface area (Å²) < 4.78 is 8.90. The van der Waals surface area contributed by atoms with E-state index in [4.69, 9.17) is 4.74 Å². The Morgan fingerprint density at radius 3 is 2.71 bits per heavy atom. The van der Waals surface area contributed by atoms with Gasteiger partial charge in [0.05, 0.1) is 11.0 Å². The molecule has 0 amide bonds. The molecule has 0 aromatic carbocycles. The second-order valence-electron chi connectivity index (χ2n) is 4.51. The highest BCUT2D eigenvalue weighted by molar-refractivity contribution is 7.03. The van der Waals surface area contributed by atoms with Crippen molar-refractivity contribution in [3.8, 4) is 0 Å². The number of anilines is 1. The molecule has 1 aromatic rings. The van der Waals surface area contributed by atoms with Crippen LogP contribution in [0.4, 0.5) is 5.82 Å². The average Bonchev–Trinajstić information content (AvgIpc) is 2.74. The molecule has 0 unspecified atom stereocenters. The smallest absolute Gasteiger partial charge is 0.178 e. The summed E-state index contributed by atoms with van der Waals surface area (Å²) in [5.74, 6) is 0.425. The molecule has 0 aliphatic carbocycles. The van der Waals surface area contributed by atoms with Crippen molar-refractivity contribution in [1.29, 1.82) is 0 Å². The summed E-state index contributed by atoms with van der Waals surface area (Å²) in [6.07, 6.45) is -3.49. The minimum Gasteiger partial charge on any atom is -0.388 e. The number of hydrogen-bond acceptors (Lipinski definition) is 8. The highest BCUT2D eigenvalue weighted by atomic mass is 32.1. The third-order valence-electron chi connectivity index (χ3n) is 2.81. The topological polar surface area (TPSA) is 108 Å². The lowest BCUT2D eigenvalue weighted by molar-refractivity contribution is -0.273. The van der Waals surface area contributed by atoms with Crippen molar-refractivity contribution in [2.24, 2.45) is 0 Å². The molecule has 17 heavy (non-hydrogen) atoms. The van der Waals surface area contributed by atoms with Gasteiger partial charge in [-0.1, -0.05) is 4.49 Å². The second-order valence-corrected chi connectivity index (χ2v) is 5.12. The largest absolute Gasteiger partial charge is 0.388 e. The molecule has 0 spiro atoms. The molecule has 1 fully saturated rings. The number of ether oxygens (including phenoxy) is 1. The summed E-state index contributed by atoms with van der Waals surface area (Å²) in [5.41, 5.74) is -1.00. The zero-order valence-electron chi connectivity index (χ0n) is 9.44. The molecule has 1 saturated heterocycles. The van der Waals surface area contributed by atoms with Gasteiger partial charge in [0.25, 0.3) is 0 Å². The summed E-state index contributed by atoms with van der Waals surface area (Å²) in [7, 11) is 0. The maximum atomic E-state index is 9.95. The molecule has 2 heterocycles. The van der Waals surface area contributed by atoms with Gasteiger partial charge in [0.2, 0.25) is 0 Å². The highest BCUT2D eigenvalue weighted by Crippen LogP contribution is 2.29. The molecular formula is C9H15N3O4S. The fourth-order valence-corrected chi connectivity index (χ4v) is 2.18. The van der Waals surface area contributed by atoms with Gasteiger partial charge < -0.3 is 25.4 Å². The van der Waals surface area contributed by atoms with Gasteiger partial charge in [-0.25, -0.2) is 0 Å². The molecule has 8 heteroatoms. The maximum absolute atomic E-state index is 9.95. The van der Waals surface area contributed by atoms with E-state index < -0.39 is 30.1 Å². The van der Waals surface area contributed by atoms with Crippen molar-refractivity contribution in [2.75, 3.05) is 5.32 Å². The fourth-order valence-electron chi connectivity index (χ4n) is 1.79. The van der Waals surface area contributed by atoms with E-state index in [0.29, 0.717) is 5.82 Å². The number of aliphatic hydroxyl groups is 3. The molecule has 1 aliphatic rings. The Bertz CT molecular complexity index is 372. The number of nitrogens with one attached hydrogen (secondary N) is 1. The molecule has 0 radical (unpaired) electrons. The summed E-state index contributed by atoms with van der Waals surface area (Å²) in [5, 5.41) is 37.7. The molecule has 4 atom stereocenters. The van der Waals surface area contributed by atoms with E-state index in [9.17, 15) is 15.3 Å². The van der Waals surface area contributed by atoms with Crippen molar-refractivity contribution >= 4 is 17.4 Å². The van der Waals surface area contributed by atoms with Gasteiger partial charge in [0.15, 0.2) is 12.1 Å². The maximum Gasteiger partial charge on any atom is 0.178 e. The Balaban J connectivity index is 2.12. The summed E-state index contributed by atoms with van der Waals surface area (Å²) in [4.78, 5) is 0. The van der Waals surface area contributed by atoms with E-state index in [1.165, 1.54) is 0 Å². The Hall–Kier alpha value is -0.800. The highest BCUT2D eigenvalue weighted by Gasteiger charge is 2.48. The Morgan fingerprint density at radius 2 is 2.12 bits per heavy atom. The van der Waals surface area contributed by atoms with Crippen LogP contribution in [0.25, 0.3) is 0 Å². The van der Waals surface area contributed by atoms with Gasteiger partial charge in [-0.3, -0.25) is 0 Å². The predicted molar refractivity (Wildman–Crippen MR) is 60.5 cm³/mol. The first-order valence-electron chi connectivity index (χ1n) is 5.17. The van der Waals surface area contributed by atoms with Gasteiger partial charge in [-0.05, 0) is 25.4 Å². The van der Waals surface area contributed by atoms with E-state index in [1.54, 1.807) is 19.2 Å². The van der Waals surface area contributed by atoms with Gasteiger partial charge in [-0.15, -0.1) is 5.10 Å². The first-order chi connectivity index (χ1) is 7.92. The van der Waals surface area contributed by atoms with E-state index in [0.717, 1.165) is 11.5 Å². The van der Waals surface area contributed by atoms with Crippen LogP contribution >= 0.6 is 11.5 Å². The van der Waals surface area contributed by atoms with Crippen molar-refractivity contribution in [1.82, 2.24) is 9.59 Å². The van der Waals surface area contributed by atoms with Crippen LogP contribution in [-0.2, 0) is 4.74 Å². The zero-order chi connectivity index (χ0) is 12.6. The van der Waals surface area contributed by atoms with Crippen LogP contribution in [0.3, 0.4) is 0 Å². The van der Waals surface area contributed by atoms with Gasteiger partial charge in [0.1, 0.15) is 18.2 Å².